The molecule has 1 aliphatic heterocycles. The van der Waals surface area contributed by atoms with Crippen molar-refractivity contribution < 1.29 is 51.2 Å². The summed E-state index contributed by atoms with van der Waals surface area (Å²) in [5.74, 6) is 2.04. The second-order valence-electron chi connectivity index (χ2n) is 9.56. The van der Waals surface area contributed by atoms with Crippen molar-refractivity contribution in [2.45, 2.75) is 95.7 Å². The second-order valence-corrected chi connectivity index (χ2v) is 14.0. The van der Waals surface area contributed by atoms with Gasteiger partial charge in [-0.2, -0.15) is 8.62 Å². The van der Waals surface area contributed by atoms with Crippen molar-refractivity contribution in [3.63, 3.8) is 0 Å². The maximum atomic E-state index is 11.9. The summed E-state index contributed by atoms with van der Waals surface area (Å²) in [6, 6.07) is 0. The average Bonchev–Trinajstić information content (AvgIpc) is 3.10. The van der Waals surface area contributed by atoms with Gasteiger partial charge in [0.15, 0.2) is 0 Å². The van der Waals surface area contributed by atoms with Crippen molar-refractivity contribution in [1.29, 1.82) is 0 Å². The average molecular weight is 534 g/mol. The molecule has 2 aliphatic carbocycles. The zero-order valence-corrected chi connectivity index (χ0v) is 21.5. The quantitative estimate of drug-likeness (QED) is 0.292. The van der Waals surface area contributed by atoms with Crippen LogP contribution in [0.25, 0.3) is 0 Å². The minimum atomic E-state index is -5.49. The van der Waals surface area contributed by atoms with Crippen LogP contribution in [0.15, 0.2) is 0 Å². The Morgan fingerprint density at radius 1 is 0.667 bits per heavy atom. The standard InChI is InChI=1S/C19H37O11P3/c20-31(21,22)29-33(25,26)30-32(23,24)27-14-18-10-11-19(28-18)17-12-16(13-17)15-8-6-4-2-1-3-5-7-9-15/h15-19H,1-14H2,(H,23,24)(H,25,26)(H2,20,21,22)/t16?,17?,18-,19?/m0/s1. The molecule has 1 saturated heterocycles. The molecule has 0 bridgehead atoms. The lowest BCUT2D eigenvalue weighted by molar-refractivity contribution is -0.0554. The summed E-state index contributed by atoms with van der Waals surface area (Å²) in [5, 5.41) is 0. The number of hydrogen-bond acceptors (Lipinski definition) is 7. The third kappa shape index (κ3) is 9.74. The maximum absolute atomic E-state index is 11.9. The number of rotatable bonds is 9. The first-order valence-electron chi connectivity index (χ1n) is 11.9. The van der Waals surface area contributed by atoms with Gasteiger partial charge in [0.1, 0.15) is 0 Å². The zero-order valence-electron chi connectivity index (χ0n) is 18.8. The first kappa shape index (κ1) is 27.9. The molecule has 4 atom stereocenters. The Morgan fingerprint density at radius 2 is 1.24 bits per heavy atom. The van der Waals surface area contributed by atoms with Crippen molar-refractivity contribution in [3.05, 3.63) is 0 Å². The highest BCUT2D eigenvalue weighted by Crippen LogP contribution is 2.66. The molecule has 4 N–H and O–H groups in total. The van der Waals surface area contributed by atoms with Gasteiger partial charge >= 0.3 is 23.5 Å². The summed E-state index contributed by atoms with van der Waals surface area (Å²) in [4.78, 5) is 35.9. The zero-order chi connectivity index (χ0) is 24.1. The van der Waals surface area contributed by atoms with Crippen LogP contribution in [0.4, 0.5) is 0 Å². The Morgan fingerprint density at radius 3 is 1.82 bits per heavy atom. The highest BCUT2D eigenvalue weighted by Gasteiger charge is 2.44. The summed E-state index contributed by atoms with van der Waals surface area (Å²) < 4.78 is 52.1. The second kappa shape index (κ2) is 12.1. The van der Waals surface area contributed by atoms with Crippen LogP contribution in [0, 0.1) is 17.8 Å². The first-order chi connectivity index (χ1) is 15.4. The number of phosphoric acid groups is 3. The predicted octanol–water partition coefficient (Wildman–Crippen LogP) is 5.04. The van der Waals surface area contributed by atoms with Gasteiger partial charge in [-0.05, 0) is 43.4 Å². The fourth-order valence-corrected chi connectivity index (χ4v) is 8.44. The van der Waals surface area contributed by atoms with Crippen molar-refractivity contribution in [1.82, 2.24) is 0 Å². The lowest BCUT2D eigenvalue weighted by Crippen LogP contribution is -2.37. The van der Waals surface area contributed by atoms with Crippen LogP contribution >= 0.6 is 23.5 Å². The van der Waals surface area contributed by atoms with Gasteiger partial charge in [-0.25, -0.2) is 13.7 Å². The van der Waals surface area contributed by atoms with E-state index in [0.29, 0.717) is 12.3 Å². The number of hydrogen-bond donors (Lipinski definition) is 4. The van der Waals surface area contributed by atoms with E-state index < -0.39 is 29.6 Å². The third-order valence-corrected chi connectivity index (χ3v) is 10.8. The van der Waals surface area contributed by atoms with Crippen LogP contribution in [0.2, 0.25) is 0 Å². The van der Waals surface area contributed by atoms with Gasteiger partial charge in [-0.3, -0.25) is 4.52 Å². The molecule has 0 aromatic heterocycles. The summed E-state index contributed by atoms with van der Waals surface area (Å²) >= 11 is 0. The van der Waals surface area contributed by atoms with Gasteiger partial charge in [-0.15, -0.1) is 0 Å². The molecule has 3 rings (SSSR count). The smallest absolute Gasteiger partial charge is 0.372 e. The first-order valence-corrected chi connectivity index (χ1v) is 16.4. The maximum Gasteiger partial charge on any atom is 0.490 e. The number of ether oxygens (including phenoxy) is 1. The molecule has 3 unspecified atom stereocenters. The van der Waals surface area contributed by atoms with E-state index in [1.807, 2.05) is 0 Å². The van der Waals surface area contributed by atoms with Crippen LogP contribution < -0.4 is 0 Å². The Bertz CT molecular complexity index is 756. The number of phosphoric ester groups is 1. The lowest BCUT2D eigenvalue weighted by atomic mass is 9.64. The Balaban J connectivity index is 1.38. The molecule has 33 heavy (non-hydrogen) atoms. The van der Waals surface area contributed by atoms with Gasteiger partial charge in [0.25, 0.3) is 0 Å². The van der Waals surface area contributed by atoms with E-state index in [1.54, 1.807) is 0 Å². The topological polar surface area (TPSA) is 169 Å². The van der Waals surface area contributed by atoms with E-state index in [4.69, 9.17) is 19.0 Å². The van der Waals surface area contributed by atoms with Crippen LogP contribution in [-0.2, 0) is 31.6 Å². The van der Waals surface area contributed by atoms with Crippen molar-refractivity contribution in [3.8, 4) is 0 Å². The van der Waals surface area contributed by atoms with Crippen molar-refractivity contribution >= 4 is 23.5 Å². The van der Waals surface area contributed by atoms with Crippen LogP contribution in [-0.4, -0.2) is 38.4 Å². The molecule has 0 aromatic rings. The van der Waals surface area contributed by atoms with Crippen LogP contribution in [0.3, 0.4) is 0 Å². The van der Waals surface area contributed by atoms with E-state index in [2.05, 4.69) is 8.62 Å². The molecule has 11 nitrogen and oxygen atoms in total. The van der Waals surface area contributed by atoms with Gasteiger partial charge in [0.2, 0.25) is 0 Å². The monoisotopic (exact) mass is 534 g/mol. The lowest BCUT2D eigenvalue weighted by Gasteiger charge is -2.43. The summed E-state index contributed by atoms with van der Waals surface area (Å²) in [6.07, 6.45) is 15.4. The normalized spacial score (nSPS) is 34.2. The molecular weight excluding hydrogens is 497 g/mol. The van der Waals surface area contributed by atoms with Crippen LogP contribution in [0.1, 0.15) is 83.5 Å². The molecule has 2 saturated carbocycles. The molecule has 0 spiro atoms. The summed E-state index contributed by atoms with van der Waals surface area (Å²) in [5.41, 5.74) is 0. The summed E-state index contributed by atoms with van der Waals surface area (Å²) in [6.45, 7) is -0.348. The van der Waals surface area contributed by atoms with E-state index in [0.717, 1.165) is 31.1 Å². The molecule has 0 amide bonds. The molecule has 1 heterocycles. The summed E-state index contributed by atoms with van der Waals surface area (Å²) in [7, 11) is -16.0. The molecule has 3 aliphatic rings. The largest absolute Gasteiger partial charge is 0.490 e. The minimum Gasteiger partial charge on any atom is -0.372 e. The Kier molecular flexibility index (Phi) is 10.2. The van der Waals surface area contributed by atoms with E-state index >= 15 is 0 Å². The van der Waals surface area contributed by atoms with Crippen molar-refractivity contribution in [2.24, 2.45) is 17.8 Å². The Labute approximate surface area is 195 Å². The molecule has 0 aromatic carbocycles. The van der Waals surface area contributed by atoms with Gasteiger partial charge in [0.05, 0.1) is 18.8 Å². The fourth-order valence-electron chi connectivity index (χ4n) is 5.39. The van der Waals surface area contributed by atoms with E-state index in [9.17, 15) is 23.5 Å². The van der Waals surface area contributed by atoms with Gasteiger partial charge < -0.3 is 24.3 Å². The van der Waals surface area contributed by atoms with Gasteiger partial charge in [-0.1, -0.05) is 57.8 Å². The highest BCUT2D eigenvalue weighted by molar-refractivity contribution is 7.66. The molecular formula is C19H37O11P3. The van der Waals surface area contributed by atoms with E-state index in [-0.39, 0.29) is 12.7 Å². The third-order valence-electron chi connectivity index (χ3n) is 7.03. The Hall–Kier alpha value is 0.370. The van der Waals surface area contributed by atoms with Crippen molar-refractivity contribution in [2.75, 3.05) is 6.61 Å². The van der Waals surface area contributed by atoms with E-state index in [1.165, 1.54) is 57.8 Å². The molecule has 14 heteroatoms. The highest BCUT2D eigenvalue weighted by atomic mass is 31.3. The minimum absolute atomic E-state index is 0.0651. The molecule has 0 radical (unpaired) electrons. The SMILES string of the molecule is O=P(O)(O)OP(=O)(O)OP(=O)(O)OC[C@@H]1CCC(C2CC(C3CCCCCCCCC3)C2)O1. The van der Waals surface area contributed by atoms with Crippen LogP contribution in [0.5, 0.6) is 0 Å². The molecule has 3 fully saturated rings. The predicted molar refractivity (Wildman–Crippen MR) is 119 cm³/mol. The molecule has 194 valence electrons. The fraction of sp³-hybridized carbons (Fsp3) is 1.00. The van der Waals surface area contributed by atoms with Gasteiger partial charge in [0, 0.05) is 0 Å².